The number of methoxy groups -OCH3 is 1. The van der Waals surface area contributed by atoms with E-state index in [1.807, 2.05) is 0 Å². The largest absolute Gasteiger partial charge is 0.469 e. The lowest BCUT2D eigenvalue weighted by atomic mass is 9.82. The van der Waals surface area contributed by atoms with Crippen LogP contribution in [0.2, 0.25) is 0 Å². The normalized spacial score (nSPS) is 41.4. The summed E-state index contributed by atoms with van der Waals surface area (Å²) in [7, 11) is 1.32. The van der Waals surface area contributed by atoms with Crippen LogP contribution in [0.15, 0.2) is 0 Å². The number of carbonyl (C=O) groups is 1. The number of carbonyl (C=O) groups excluding carboxylic acids is 1. The second-order valence-corrected chi connectivity index (χ2v) is 4.39. The third-order valence-electron chi connectivity index (χ3n) is 3.70. The fourth-order valence-corrected chi connectivity index (χ4v) is 2.99. The van der Waals surface area contributed by atoms with Crippen LogP contribution in [0.3, 0.4) is 0 Å². The van der Waals surface area contributed by atoms with E-state index in [1.54, 1.807) is 0 Å². The summed E-state index contributed by atoms with van der Waals surface area (Å²) in [4.78, 5) is 11.7. The molecular weight excluding hydrogens is 210 g/mol. The van der Waals surface area contributed by atoms with Crippen molar-refractivity contribution in [3.05, 3.63) is 0 Å². The smallest absolute Gasteiger partial charge is 0.311 e. The van der Waals surface area contributed by atoms with Gasteiger partial charge < -0.3 is 14.6 Å². The maximum atomic E-state index is 11.7. The average molecular weight is 225 g/mol. The minimum absolute atomic E-state index is 0.137. The predicted molar refractivity (Wildman–Crippen MR) is 53.1 cm³/mol. The number of rotatable bonds is 2. The Hall–Kier alpha value is -1.12. The Kier molecular flexibility index (Phi) is 2.87. The molecule has 5 nitrogen and oxygen atoms in total. The van der Waals surface area contributed by atoms with Gasteiger partial charge in [0.15, 0.2) is 5.60 Å². The van der Waals surface area contributed by atoms with E-state index in [1.165, 1.54) is 7.11 Å². The maximum Gasteiger partial charge on any atom is 0.311 e. The van der Waals surface area contributed by atoms with Crippen LogP contribution in [0, 0.1) is 23.2 Å². The Morgan fingerprint density at radius 1 is 1.75 bits per heavy atom. The molecule has 4 atom stereocenters. The van der Waals surface area contributed by atoms with Gasteiger partial charge in [-0.25, -0.2) is 0 Å². The Morgan fingerprint density at radius 3 is 3.06 bits per heavy atom. The van der Waals surface area contributed by atoms with E-state index in [0.717, 1.165) is 12.8 Å². The third-order valence-corrected chi connectivity index (χ3v) is 3.70. The highest BCUT2D eigenvalue weighted by atomic mass is 16.5. The lowest BCUT2D eigenvalue weighted by Crippen LogP contribution is -2.33. The van der Waals surface area contributed by atoms with Gasteiger partial charge in [0, 0.05) is 5.92 Å². The lowest BCUT2D eigenvalue weighted by molar-refractivity contribution is -0.149. The van der Waals surface area contributed by atoms with Crippen LogP contribution in [0.1, 0.15) is 19.3 Å². The van der Waals surface area contributed by atoms with E-state index in [0.29, 0.717) is 6.42 Å². The van der Waals surface area contributed by atoms with Gasteiger partial charge in [0.1, 0.15) is 0 Å². The molecule has 1 aliphatic heterocycles. The topological polar surface area (TPSA) is 79.6 Å². The molecule has 0 aromatic carbocycles. The number of nitrogens with zero attached hydrogens (tertiary/aromatic N) is 1. The van der Waals surface area contributed by atoms with Crippen LogP contribution < -0.4 is 0 Å². The maximum absolute atomic E-state index is 11.7. The molecule has 2 rings (SSSR count). The van der Waals surface area contributed by atoms with E-state index in [2.05, 4.69) is 6.07 Å². The SMILES string of the molecule is COC(=O)[C@H]1C2CCC[C@]2(C#N)O[C@H]1CO. The molecule has 1 saturated heterocycles. The highest BCUT2D eigenvalue weighted by molar-refractivity contribution is 5.74. The van der Waals surface area contributed by atoms with Gasteiger partial charge in [-0.2, -0.15) is 5.26 Å². The van der Waals surface area contributed by atoms with Gasteiger partial charge in [-0.15, -0.1) is 0 Å². The van der Waals surface area contributed by atoms with Crippen molar-refractivity contribution >= 4 is 5.97 Å². The number of esters is 1. The van der Waals surface area contributed by atoms with Gasteiger partial charge >= 0.3 is 5.97 Å². The van der Waals surface area contributed by atoms with Crippen LogP contribution in [0.25, 0.3) is 0 Å². The summed E-state index contributed by atoms with van der Waals surface area (Å²) in [5.41, 5.74) is -0.883. The Bertz CT molecular complexity index is 337. The number of hydrogen-bond donors (Lipinski definition) is 1. The van der Waals surface area contributed by atoms with E-state index in [4.69, 9.17) is 9.47 Å². The van der Waals surface area contributed by atoms with E-state index in [9.17, 15) is 15.2 Å². The van der Waals surface area contributed by atoms with Crippen LogP contribution in [0.5, 0.6) is 0 Å². The van der Waals surface area contributed by atoms with Crippen molar-refractivity contribution in [3.63, 3.8) is 0 Å². The summed E-state index contributed by atoms with van der Waals surface area (Å²) in [6.07, 6.45) is 1.70. The molecular formula is C11H15NO4. The molecule has 0 bridgehead atoms. The monoisotopic (exact) mass is 225 g/mol. The average Bonchev–Trinajstić information content (AvgIpc) is 2.83. The molecule has 0 amide bonds. The van der Waals surface area contributed by atoms with Crippen molar-refractivity contribution in [2.45, 2.75) is 31.0 Å². The van der Waals surface area contributed by atoms with Gasteiger partial charge in [-0.1, -0.05) is 0 Å². The third kappa shape index (κ3) is 1.41. The molecule has 0 aromatic rings. The molecule has 2 aliphatic rings. The molecule has 5 heteroatoms. The molecule has 2 fully saturated rings. The van der Waals surface area contributed by atoms with Crippen molar-refractivity contribution in [2.75, 3.05) is 13.7 Å². The first-order valence-corrected chi connectivity index (χ1v) is 5.46. The second kappa shape index (κ2) is 4.04. The number of hydrogen-bond acceptors (Lipinski definition) is 5. The standard InChI is InChI=1S/C11H15NO4/c1-15-10(14)9-7-3-2-4-11(7,6-12)16-8(9)5-13/h7-9,13H,2-5H2,1H3/t7?,8-,9-,11+/m0/s1. The van der Waals surface area contributed by atoms with Crippen LogP contribution in [-0.2, 0) is 14.3 Å². The summed E-state index contributed by atoms with van der Waals surface area (Å²) in [6.45, 7) is -0.250. The van der Waals surface area contributed by atoms with Gasteiger partial charge in [0.05, 0.1) is 31.8 Å². The molecule has 16 heavy (non-hydrogen) atoms. The summed E-state index contributed by atoms with van der Waals surface area (Å²) >= 11 is 0. The van der Waals surface area contributed by atoms with Gasteiger partial charge in [-0.05, 0) is 19.3 Å². The Labute approximate surface area is 94.0 Å². The van der Waals surface area contributed by atoms with E-state index >= 15 is 0 Å². The van der Waals surface area contributed by atoms with Crippen molar-refractivity contribution in [1.29, 1.82) is 5.26 Å². The Balaban J connectivity index is 2.30. The van der Waals surface area contributed by atoms with E-state index in [-0.39, 0.29) is 18.5 Å². The van der Waals surface area contributed by atoms with Crippen LogP contribution in [0.4, 0.5) is 0 Å². The molecule has 0 spiro atoms. The zero-order valence-electron chi connectivity index (χ0n) is 9.18. The van der Waals surface area contributed by atoms with Crippen molar-refractivity contribution < 1.29 is 19.4 Å². The van der Waals surface area contributed by atoms with E-state index < -0.39 is 17.6 Å². The fraction of sp³-hybridized carbons (Fsp3) is 0.818. The molecule has 0 aromatic heterocycles. The minimum atomic E-state index is -0.883. The number of fused-ring (bicyclic) bond motifs is 1. The zero-order valence-corrected chi connectivity index (χ0v) is 9.18. The minimum Gasteiger partial charge on any atom is -0.469 e. The number of aliphatic hydroxyl groups is 1. The first-order valence-electron chi connectivity index (χ1n) is 5.46. The van der Waals surface area contributed by atoms with Crippen molar-refractivity contribution in [3.8, 4) is 6.07 Å². The molecule has 1 unspecified atom stereocenters. The van der Waals surface area contributed by atoms with Crippen LogP contribution in [-0.4, -0.2) is 36.5 Å². The van der Waals surface area contributed by atoms with Crippen molar-refractivity contribution in [1.82, 2.24) is 0 Å². The molecule has 1 heterocycles. The van der Waals surface area contributed by atoms with Crippen LogP contribution >= 0.6 is 0 Å². The number of nitriles is 1. The predicted octanol–water partition coefficient (Wildman–Crippen LogP) is 0.229. The molecule has 0 radical (unpaired) electrons. The molecule has 1 saturated carbocycles. The lowest BCUT2D eigenvalue weighted by Gasteiger charge is -2.20. The van der Waals surface area contributed by atoms with Crippen molar-refractivity contribution in [2.24, 2.45) is 11.8 Å². The first-order chi connectivity index (χ1) is 7.68. The highest BCUT2D eigenvalue weighted by Crippen LogP contribution is 2.50. The number of ether oxygens (including phenoxy) is 2. The molecule has 88 valence electrons. The zero-order chi connectivity index (χ0) is 11.8. The van der Waals surface area contributed by atoms with Gasteiger partial charge in [0.2, 0.25) is 0 Å². The Morgan fingerprint density at radius 2 is 2.50 bits per heavy atom. The summed E-state index contributed by atoms with van der Waals surface area (Å²) < 4.78 is 10.3. The van der Waals surface area contributed by atoms with Gasteiger partial charge in [-0.3, -0.25) is 4.79 Å². The summed E-state index contributed by atoms with van der Waals surface area (Å²) in [6, 6.07) is 2.17. The first kappa shape index (κ1) is 11.4. The molecule has 1 N–H and O–H groups in total. The quantitative estimate of drug-likeness (QED) is 0.680. The molecule has 1 aliphatic carbocycles. The second-order valence-electron chi connectivity index (χ2n) is 4.39. The summed E-state index contributed by atoms with van der Waals surface area (Å²) in [5.74, 6) is -1.03. The van der Waals surface area contributed by atoms with Gasteiger partial charge in [0.25, 0.3) is 0 Å². The summed E-state index contributed by atoms with van der Waals surface area (Å²) in [5, 5.41) is 18.4. The number of aliphatic hydroxyl groups excluding tert-OH is 1. The fourth-order valence-electron chi connectivity index (χ4n) is 2.99. The highest BCUT2D eigenvalue weighted by Gasteiger charge is 2.60.